The Morgan fingerprint density at radius 1 is 1.26 bits per heavy atom. The number of allylic oxidation sites excluding steroid dienone is 1. The summed E-state index contributed by atoms with van der Waals surface area (Å²) in [5.74, 6) is 1.03. The second-order valence-corrected chi connectivity index (χ2v) is 5.28. The number of para-hydroxylation sites is 1. The van der Waals surface area contributed by atoms with E-state index in [0.29, 0.717) is 0 Å². The number of anilines is 1. The molecule has 1 heterocycles. The number of aromatic nitrogens is 1. The average molecular weight is 252 g/mol. The maximum Gasteiger partial charge on any atom is 0.129 e. The highest BCUT2D eigenvalue weighted by Crippen LogP contribution is 2.22. The lowest BCUT2D eigenvalue weighted by Gasteiger charge is -2.10. The van der Waals surface area contributed by atoms with Crippen molar-refractivity contribution < 1.29 is 0 Å². The quantitative estimate of drug-likeness (QED) is 0.813. The lowest BCUT2D eigenvalue weighted by atomic mass is 10.1. The Kier molecular flexibility index (Phi) is 3.49. The predicted octanol–water partition coefficient (Wildman–Crippen LogP) is 4.46. The van der Waals surface area contributed by atoms with E-state index in [4.69, 9.17) is 4.98 Å². The molecule has 1 aromatic carbocycles. The van der Waals surface area contributed by atoms with Crippen LogP contribution < -0.4 is 5.32 Å². The van der Waals surface area contributed by atoms with Crippen molar-refractivity contribution >= 4 is 16.7 Å². The molecule has 0 fully saturated rings. The molecule has 3 rings (SSSR count). The van der Waals surface area contributed by atoms with Gasteiger partial charge in [-0.25, -0.2) is 4.98 Å². The molecule has 98 valence electrons. The van der Waals surface area contributed by atoms with E-state index in [1.54, 1.807) is 5.57 Å². The first-order valence-electron chi connectivity index (χ1n) is 7.11. The molecule has 1 aliphatic rings. The number of hydrogen-bond donors (Lipinski definition) is 1. The van der Waals surface area contributed by atoms with Gasteiger partial charge in [-0.1, -0.05) is 29.8 Å². The van der Waals surface area contributed by atoms with Crippen LogP contribution in [-0.2, 0) is 0 Å². The van der Waals surface area contributed by atoms with Crippen LogP contribution in [0.15, 0.2) is 42.0 Å². The SMILES string of the molecule is Cc1cc2ccccc2nc1NCCC1=CCCC1. The molecule has 1 N–H and O–H groups in total. The van der Waals surface area contributed by atoms with E-state index in [1.807, 2.05) is 6.07 Å². The molecule has 1 aliphatic carbocycles. The first-order valence-corrected chi connectivity index (χ1v) is 7.11. The van der Waals surface area contributed by atoms with Crippen molar-refractivity contribution in [3.05, 3.63) is 47.5 Å². The number of hydrogen-bond acceptors (Lipinski definition) is 2. The van der Waals surface area contributed by atoms with Crippen molar-refractivity contribution in [2.45, 2.75) is 32.6 Å². The molecule has 0 atom stereocenters. The van der Waals surface area contributed by atoms with Gasteiger partial charge in [0.05, 0.1) is 5.52 Å². The molecule has 0 unspecified atom stereocenters. The summed E-state index contributed by atoms with van der Waals surface area (Å²) in [7, 11) is 0. The summed E-state index contributed by atoms with van der Waals surface area (Å²) in [6.07, 6.45) is 7.42. The number of nitrogens with zero attached hydrogens (tertiary/aromatic N) is 1. The second kappa shape index (κ2) is 5.43. The first-order chi connectivity index (χ1) is 9.33. The highest BCUT2D eigenvalue weighted by Gasteiger charge is 2.06. The number of fused-ring (bicyclic) bond motifs is 1. The van der Waals surface area contributed by atoms with E-state index < -0.39 is 0 Å². The minimum Gasteiger partial charge on any atom is -0.370 e. The fourth-order valence-electron chi connectivity index (χ4n) is 2.71. The van der Waals surface area contributed by atoms with Gasteiger partial charge in [0.2, 0.25) is 0 Å². The summed E-state index contributed by atoms with van der Waals surface area (Å²) in [5.41, 5.74) is 3.89. The van der Waals surface area contributed by atoms with Gasteiger partial charge < -0.3 is 5.32 Å². The zero-order chi connectivity index (χ0) is 13.1. The fraction of sp³-hybridized carbons (Fsp3) is 0.353. The molecular formula is C17H20N2. The van der Waals surface area contributed by atoms with Gasteiger partial charge >= 0.3 is 0 Å². The van der Waals surface area contributed by atoms with Gasteiger partial charge in [-0.2, -0.15) is 0 Å². The van der Waals surface area contributed by atoms with Crippen LogP contribution in [0.2, 0.25) is 0 Å². The summed E-state index contributed by atoms with van der Waals surface area (Å²) in [6, 6.07) is 10.5. The molecule has 0 saturated heterocycles. The van der Waals surface area contributed by atoms with Crippen LogP contribution in [0.25, 0.3) is 10.9 Å². The van der Waals surface area contributed by atoms with Crippen LogP contribution in [0.1, 0.15) is 31.2 Å². The third-order valence-corrected chi connectivity index (χ3v) is 3.79. The van der Waals surface area contributed by atoms with Gasteiger partial charge in [-0.15, -0.1) is 0 Å². The maximum absolute atomic E-state index is 4.71. The Balaban J connectivity index is 1.71. The smallest absolute Gasteiger partial charge is 0.129 e. The molecule has 0 radical (unpaired) electrons. The molecule has 0 spiro atoms. The Hall–Kier alpha value is -1.83. The zero-order valence-corrected chi connectivity index (χ0v) is 11.4. The van der Waals surface area contributed by atoms with Crippen molar-refractivity contribution in [1.82, 2.24) is 4.98 Å². The Morgan fingerprint density at radius 2 is 2.16 bits per heavy atom. The van der Waals surface area contributed by atoms with Crippen molar-refractivity contribution in [2.24, 2.45) is 0 Å². The van der Waals surface area contributed by atoms with E-state index in [9.17, 15) is 0 Å². The van der Waals surface area contributed by atoms with Crippen LogP contribution in [0.3, 0.4) is 0 Å². The summed E-state index contributed by atoms with van der Waals surface area (Å²) in [4.78, 5) is 4.71. The first kappa shape index (κ1) is 12.2. The zero-order valence-electron chi connectivity index (χ0n) is 11.4. The molecule has 0 bridgehead atoms. The molecule has 2 aromatic rings. The van der Waals surface area contributed by atoms with E-state index in [1.165, 1.54) is 30.2 Å². The number of benzene rings is 1. The number of rotatable bonds is 4. The number of aryl methyl sites for hydroxylation is 1. The fourth-order valence-corrected chi connectivity index (χ4v) is 2.71. The van der Waals surface area contributed by atoms with Crippen LogP contribution in [0.4, 0.5) is 5.82 Å². The Morgan fingerprint density at radius 3 is 3.00 bits per heavy atom. The van der Waals surface area contributed by atoms with Crippen molar-refractivity contribution in [2.75, 3.05) is 11.9 Å². The van der Waals surface area contributed by atoms with Crippen molar-refractivity contribution in [3.8, 4) is 0 Å². The summed E-state index contributed by atoms with van der Waals surface area (Å²) in [5, 5.41) is 4.69. The van der Waals surface area contributed by atoms with Crippen LogP contribution in [-0.4, -0.2) is 11.5 Å². The molecule has 0 aliphatic heterocycles. The lowest BCUT2D eigenvalue weighted by Crippen LogP contribution is -2.05. The van der Waals surface area contributed by atoms with Gasteiger partial charge in [0.15, 0.2) is 0 Å². The molecule has 1 aromatic heterocycles. The van der Waals surface area contributed by atoms with E-state index in [-0.39, 0.29) is 0 Å². The Labute approximate surface area is 114 Å². The maximum atomic E-state index is 4.71. The molecular weight excluding hydrogens is 232 g/mol. The van der Waals surface area contributed by atoms with Crippen LogP contribution >= 0.6 is 0 Å². The second-order valence-electron chi connectivity index (χ2n) is 5.28. The van der Waals surface area contributed by atoms with Crippen LogP contribution in [0.5, 0.6) is 0 Å². The van der Waals surface area contributed by atoms with Crippen LogP contribution in [0, 0.1) is 6.92 Å². The third-order valence-electron chi connectivity index (χ3n) is 3.79. The topological polar surface area (TPSA) is 24.9 Å². The monoisotopic (exact) mass is 252 g/mol. The van der Waals surface area contributed by atoms with Crippen molar-refractivity contribution in [1.29, 1.82) is 0 Å². The molecule has 0 saturated carbocycles. The predicted molar refractivity (Wildman–Crippen MR) is 81.5 cm³/mol. The van der Waals surface area contributed by atoms with Gasteiger partial charge in [0.1, 0.15) is 5.82 Å². The molecule has 0 amide bonds. The molecule has 2 nitrogen and oxygen atoms in total. The summed E-state index contributed by atoms with van der Waals surface area (Å²) < 4.78 is 0. The summed E-state index contributed by atoms with van der Waals surface area (Å²) in [6.45, 7) is 3.11. The number of pyridine rings is 1. The minimum absolute atomic E-state index is 0.984. The normalized spacial score (nSPS) is 14.7. The molecule has 2 heteroatoms. The van der Waals surface area contributed by atoms with Gasteiger partial charge in [0, 0.05) is 11.9 Å². The van der Waals surface area contributed by atoms with Gasteiger partial charge in [-0.3, -0.25) is 0 Å². The van der Waals surface area contributed by atoms with Crippen molar-refractivity contribution in [3.63, 3.8) is 0 Å². The largest absolute Gasteiger partial charge is 0.370 e. The van der Waals surface area contributed by atoms with E-state index >= 15 is 0 Å². The van der Waals surface area contributed by atoms with Gasteiger partial charge in [0.25, 0.3) is 0 Å². The molecule has 19 heavy (non-hydrogen) atoms. The number of nitrogens with one attached hydrogen (secondary N) is 1. The standard InChI is InChI=1S/C17H20N2/c1-13-12-15-8-4-5-9-16(15)19-17(13)18-11-10-14-6-2-3-7-14/h4-6,8-9,12H,2-3,7,10-11H2,1H3,(H,18,19). The van der Waals surface area contributed by atoms with E-state index in [2.05, 4.69) is 42.6 Å². The third kappa shape index (κ3) is 2.78. The highest BCUT2D eigenvalue weighted by atomic mass is 15.0. The average Bonchev–Trinajstić information content (AvgIpc) is 2.92. The van der Waals surface area contributed by atoms with Gasteiger partial charge in [-0.05, 0) is 50.3 Å². The van der Waals surface area contributed by atoms with E-state index in [0.717, 1.165) is 24.3 Å². The lowest BCUT2D eigenvalue weighted by molar-refractivity contribution is 0.862. The summed E-state index contributed by atoms with van der Waals surface area (Å²) >= 11 is 0. The minimum atomic E-state index is 0.984. The Bertz CT molecular complexity index is 614. The highest BCUT2D eigenvalue weighted by molar-refractivity contribution is 5.81.